The number of amides is 2. The topological polar surface area (TPSA) is 59.6 Å². The number of hydrogen-bond acceptors (Lipinski definition) is 3. The predicted molar refractivity (Wildman–Crippen MR) is 104 cm³/mol. The number of hydrogen-bond donors (Lipinski definition) is 2. The third-order valence-corrected chi connectivity index (χ3v) is 4.65. The molecule has 1 aliphatic heterocycles. The van der Waals surface area contributed by atoms with E-state index in [0.29, 0.717) is 12.5 Å². The highest BCUT2D eigenvalue weighted by Gasteiger charge is 2.13. The molecule has 0 spiro atoms. The molecule has 0 aromatic heterocycles. The normalized spacial score (nSPS) is 16.7. The molecule has 0 bridgehead atoms. The van der Waals surface area contributed by atoms with Gasteiger partial charge in [-0.3, -0.25) is 0 Å². The SMILES string of the molecule is COc1ccccc1-c1ccc(NC(=O)NCC[C@H]2CCCOC2)cc1. The Morgan fingerprint density at radius 3 is 2.73 bits per heavy atom. The second-order valence-electron chi connectivity index (χ2n) is 6.53. The molecule has 2 amide bonds. The van der Waals surface area contributed by atoms with Gasteiger partial charge < -0.3 is 20.1 Å². The van der Waals surface area contributed by atoms with Crippen LogP contribution in [0.25, 0.3) is 11.1 Å². The summed E-state index contributed by atoms with van der Waals surface area (Å²) in [6.45, 7) is 2.35. The van der Waals surface area contributed by atoms with Gasteiger partial charge in [-0.25, -0.2) is 4.79 Å². The fourth-order valence-corrected chi connectivity index (χ4v) is 3.22. The number of ether oxygens (including phenoxy) is 2. The molecule has 0 radical (unpaired) electrons. The Balaban J connectivity index is 1.49. The maximum atomic E-state index is 12.0. The van der Waals surface area contributed by atoms with Gasteiger partial charge in [-0.15, -0.1) is 0 Å². The van der Waals surface area contributed by atoms with Crippen molar-refractivity contribution in [1.82, 2.24) is 5.32 Å². The van der Waals surface area contributed by atoms with Crippen LogP contribution in [0.2, 0.25) is 0 Å². The summed E-state index contributed by atoms with van der Waals surface area (Å²) in [5, 5.41) is 5.79. The van der Waals surface area contributed by atoms with Gasteiger partial charge in [-0.1, -0.05) is 30.3 Å². The van der Waals surface area contributed by atoms with Gasteiger partial charge >= 0.3 is 6.03 Å². The molecule has 0 saturated carbocycles. The molecule has 1 saturated heterocycles. The van der Waals surface area contributed by atoms with E-state index in [-0.39, 0.29) is 6.03 Å². The van der Waals surface area contributed by atoms with E-state index < -0.39 is 0 Å². The van der Waals surface area contributed by atoms with E-state index >= 15 is 0 Å². The van der Waals surface area contributed by atoms with Crippen LogP contribution in [0.4, 0.5) is 10.5 Å². The molecule has 0 unspecified atom stereocenters. The van der Waals surface area contributed by atoms with Crippen LogP contribution in [-0.4, -0.2) is 32.9 Å². The minimum atomic E-state index is -0.174. The van der Waals surface area contributed by atoms with Crippen molar-refractivity contribution in [2.75, 3.05) is 32.2 Å². The van der Waals surface area contributed by atoms with Crippen molar-refractivity contribution < 1.29 is 14.3 Å². The second kappa shape index (κ2) is 9.25. The number of benzene rings is 2. The molecule has 3 rings (SSSR count). The summed E-state index contributed by atoms with van der Waals surface area (Å²) in [4.78, 5) is 12.0. The molecule has 2 N–H and O–H groups in total. The number of carbonyl (C=O) groups excluding carboxylic acids is 1. The summed E-state index contributed by atoms with van der Waals surface area (Å²) in [7, 11) is 1.67. The van der Waals surface area contributed by atoms with Crippen molar-refractivity contribution in [3.63, 3.8) is 0 Å². The van der Waals surface area contributed by atoms with Gasteiger partial charge in [0.25, 0.3) is 0 Å². The van der Waals surface area contributed by atoms with Crippen LogP contribution in [0.1, 0.15) is 19.3 Å². The monoisotopic (exact) mass is 354 g/mol. The highest BCUT2D eigenvalue weighted by atomic mass is 16.5. The van der Waals surface area contributed by atoms with Gasteiger partial charge in [-0.2, -0.15) is 0 Å². The first kappa shape index (κ1) is 18.3. The average molecular weight is 354 g/mol. The lowest BCUT2D eigenvalue weighted by molar-refractivity contribution is 0.0520. The summed E-state index contributed by atoms with van der Waals surface area (Å²) in [5.41, 5.74) is 2.84. The first-order valence-corrected chi connectivity index (χ1v) is 9.12. The van der Waals surface area contributed by atoms with Crippen molar-refractivity contribution in [2.24, 2.45) is 5.92 Å². The van der Waals surface area contributed by atoms with E-state index in [1.165, 1.54) is 6.42 Å². The highest BCUT2D eigenvalue weighted by Crippen LogP contribution is 2.30. The quantitative estimate of drug-likeness (QED) is 0.813. The molecular weight excluding hydrogens is 328 g/mol. The summed E-state index contributed by atoms with van der Waals surface area (Å²) >= 11 is 0. The van der Waals surface area contributed by atoms with Gasteiger partial charge in [0.05, 0.1) is 7.11 Å². The minimum absolute atomic E-state index is 0.174. The molecule has 138 valence electrons. The predicted octanol–water partition coefficient (Wildman–Crippen LogP) is 4.30. The van der Waals surface area contributed by atoms with E-state index in [9.17, 15) is 4.79 Å². The number of methoxy groups -OCH3 is 1. The molecule has 0 aliphatic carbocycles. The van der Waals surface area contributed by atoms with Crippen LogP contribution < -0.4 is 15.4 Å². The van der Waals surface area contributed by atoms with E-state index in [1.54, 1.807) is 7.11 Å². The van der Waals surface area contributed by atoms with E-state index in [4.69, 9.17) is 9.47 Å². The van der Waals surface area contributed by atoms with E-state index in [2.05, 4.69) is 10.6 Å². The molecule has 2 aromatic carbocycles. The first-order valence-electron chi connectivity index (χ1n) is 9.12. The van der Waals surface area contributed by atoms with Crippen LogP contribution in [0.15, 0.2) is 48.5 Å². The van der Waals surface area contributed by atoms with Crippen molar-refractivity contribution in [2.45, 2.75) is 19.3 Å². The zero-order valence-electron chi connectivity index (χ0n) is 15.2. The number of para-hydroxylation sites is 1. The number of nitrogens with one attached hydrogen (secondary N) is 2. The molecule has 1 atom stereocenters. The Kier molecular flexibility index (Phi) is 6.50. The smallest absolute Gasteiger partial charge is 0.319 e. The second-order valence-corrected chi connectivity index (χ2v) is 6.53. The molecule has 2 aromatic rings. The Bertz CT molecular complexity index is 709. The van der Waals surface area contributed by atoms with Crippen LogP contribution in [0.3, 0.4) is 0 Å². The number of carbonyl (C=O) groups is 1. The van der Waals surface area contributed by atoms with Crippen molar-refractivity contribution >= 4 is 11.7 Å². The lowest BCUT2D eigenvalue weighted by Crippen LogP contribution is -2.31. The average Bonchev–Trinajstić information content (AvgIpc) is 2.69. The maximum Gasteiger partial charge on any atom is 0.319 e. The minimum Gasteiger partial charge on any atom is -0.496 e. The first-order chi connectivity index (χ1) is 12.8. The lowest BCUT2D eigenvalue weighted by atomic mass is 9.99. The molecule has 1 aliphatic rings. The fourth-order valence-electron chi connectivity index (χ4n) is 3.22. The Morgan fingerprint density at radius 1 is 1.19 bits per heavy atom. The molecule has 5 heteroatoms. The highest BCUT2D eigenvalue weighted by molar-refractivity contribution is 5.89. The number of urea groups is 1. The van der Waals surface area contributed by atoms with Gasteiger partial charge in [-0.05, 0) is 48.9 Å². The van der Waals surface area contributed by atoms with Gasteiger partial charge in [0.15, 0.2) is 0 Å². The standard InChI is InChI=1S/C21H26N2O3/c1-25-20-7-3-2-6-19(20)17-8-10-18(11-9-17)23-21(24)22-13-12-16-5-4-14-26-15-16/h2-3,6-11,16H,4-5,12-15H2,1H3,(H2,22,23,24)/t16-/m1/s1. The third-order valence-electron chi connectivity index (χ3n) is 4.65. The summed E-state index contributed by atoms with van der Waals surface area (Å²) < 4.78 is 10.9. The third kappa shape index (κ3) is 4.99. The van der Waals surface area contributed by atoms with Gasteiger partial charge in [0.2, 0.25) is 0 Å². The molecule has 1 fully saturated rings. The van der Waals surface area contributed by atoms with Crippen LogP contribution in [0, 0.1) is 5.92 Å². The Hall–Kier alpha value is -2.53. The van der Waals surface area contributed by atoms with E-state index in [1.807, 2.05) is 48.5 Å². The van der Waals surface area contributed by atoms with Crippen LogP contribution in [-0.2, 0) is 4.74 Å². The lowest BCUT2D eigenvalue weighted by Gasteiger charge is -2.21. The van der Waals surface area contributed by atoms with Crippen molar-refractivity contribution in [3.05, 3.63) is 48.5 Å². The molecule has 1 heterocycles. The summed E-state index contributed by atoms with van der Waals surface area (Å²) in [5.74, 6) is 1.39. The number of anilines is 1. The zero-order chi connectivity index (χ0) is 18.2. The van der Waals surface area contributed by atoms with Crippen molar-refractivity contribution in [3.8, 4) is 16.9 Å². The Morgan fingerprint density at radius 2 is 2.00 bits per heavy atom. The van der Waals surface area contributed by atoms with Gasteiger partial charge in [0.1, 0.15) is 5.75 Å². The van der Waals surface area contributed by atoms with Crippen molar-refractivity contribution in [1.29, 1.82) is 0 Å². The number of rotatable bonds is 6. The summed E-state index contributed by atoms with van der Waals surface area (Å²) in [6, 6.07) is 15.5. The summed E-state index contributed by atoms with van der Waals surface area (Å²) in [6.07, 6.45) is 3.27. The van der Waals surface area contributed by atoms with Crippen LogP contribution in [0.5, 0.6) is 5.75 Å². The molecular formula is C21H26N2O3. The zero-order valence-corrected chi connectivity index (χ0v) is 15.2. The molecule has 26 heavy (non-hydrogen) atoms. The van der Waals surface area contributed by atoms with Gasteiger partial charge in [0, 0.05) is 31.0 Å². The fraction of sp³-hybridized carbons (Fsp3) is 0.381. The maximum absolute atomic E-state index is 12.0. The van der Waals surface area contributed by atoms with Crippen LogP contribution >= 0.6 is 0 Å². The Labute approximate surface area is 154 Å². The molecule has 5 nitrogen and oxygen atoms in total. The largest absolute Gasteiger partial charge is 0.496 e. The van der Waals surface area contributed by atoms with E-state index in [0.717, 1.165) is 48.6 Å².